The van der Waals surface area contributed by atoms with Crippen molar-refractivity contribution in [2.45, 2.75) is 32.7 Å². The van der Waals surface area contributed by atoms with E-state index in [-0.39, 0.29) is 5.91 Å². The first-order valence-electron chi connectivity index (χ1n) is 6.30. The zero-order chi connectivity index (χ0) is 12.9. The summed E-state index contributed by atoms with van der Waals surface area (Å²) < 4.78 is 0. The first-order chi connectivity index (χ1) is 8.54. The lowest BCUT2D eigenvalue weighted by atomic mass is 9.99. The second-order valence-electron chi connectivity index (χ2n) is 5.34. The van der Waals surface area contributed by atoms with Gasteiger partial charge >= 0.3 is 0 Å². The van der Waals surface area contributed by atoms with Gasteiger partial charge in [-0.25, -0.2) is 4.98 Å². The smallest absolute Gasteiger partial charge is 0.227 e. The van der Waals surface area contributed by atoms with Crippen molar-refractivity contribution in [3.05, 3.63) is 29.1 Å². The van der Waals surface area contributed by atoms with Crippen LogP contribution < -0.4 is 0 Å². The number of H-pyrrole nitrogens is 1. The molecule has 3 rings (SSSR count). The van der Waals surface area contributed by atoms with E-state index in [4.69, 9.17) is 0 Å². The molecule has 0 unspecified atom stereocenters. The predicted octanol–water partition coefficient (Wildman–Crippen LogP) is 2.20. The SMILES string of the molecule is CC(C)c1nc2cc3c(cc2[nH]1)CN(C)C(=O)C3. The molecule has 4 heteroatoms. The van der Waals surface area contributed by atoms with Crippen LogP contribution in [0.15, 0.2) is 12.1 Å². The van der Waals surface area contributed by atoms with Crippen LogP contribution in [0.2, 0.25) is 0 Å². The molecule has 1 aromatic heterocycles. The number of carbonyl (C=O) groups is 1. The van der Waals surface area contributed by atoms with Crippen LogP contribution in [0.1, 0.15) is 36.7 Å². The largest absolute Gasteiger partial charge is 0.342 e. The minimum absolute atomic E-state index is 0.182. The fraction of sp³-hybridized carbons (Fsp3) is 0.429. The summed E-state index contributed by atoms with van der Waals surface area (Å²) in [6, 6.07) is 4.18. The van der Waals surface area contributed by atoms with Gasteiger partial charge in [-0.2, -0.15) is 0 Å². The van der Waals surface area contributed by atoms with Crippen LogP contribution in [0.3, 0.4) is 0 Å². The molecule has 0 aliphatic carbocycles. The molecule has 94 valence electrons. The summed E-state index contributed by atoms with van der Waals surface area (Å²) in [6.45, 7) is 4.93. The number of hydrogen-bond donors (Lipinski definition) is 1. The average Bonchev–Trinajstić information content (AvgIpc) is 2.71. The molecule has 0 spiro atoms. The second-order valence-corrected chi connectivity index (χ2v) is 5.34. The van der Waals surface area contributed by atoms with E-state index in [2.05, 4.69) is 35.9 Å². The Morgan fingerprint density at radius 3 is 2.83 bits per heavy atom. The van der Waals surface area contributed by atoms with E-state index >= 15 is 0 Å². The van der Waals surface area contributed by atoms with Gasteiger partial charge in [0.1, 0.15) is 5.82 Å². The van der Waals surface area contributed by atoms with E-state index in [9.17, 15) is 4.79 Å². The van der Waals surface area contributed by atoms with Crippen LogP contribution in [-0.2, 0) is 17.8 Å². The molecular formula is C14H17N3O. The first kappa shape index (κ1) is 11.3. The van der Waals surface area contributed by atoms with Crippen molar-refractivity contribution in [2.24, 2.45) is 0 Å². The summed E-state index contributed by atoms with van der Waals surface area (Å²) in [6.07, 6.45) is 0.492. The number of aromatic nitrogens is 2. The zero-order valence-corrected chi connectivity index (χ0v) is 10.9. The lowest BCUT2D eigenvalue weighted by Gasteiger charge is -2.24. The molecule has 2 aromatic rings. The molecule has 2 heterocycles. The van der Waals surface area contributed by atoms with E-state index in [1.54, 1.807) is 4.90 Å². The van der Waals surface area contributed by atoms with Crippen LogP contribution in [0.5, 0.6) is 0 Å². The van der Waals surface area contributed by atoms with Gasteiger partial charge in [0.05, 0.1) is 17.5 Å². The summed E-state index contributed by atoms with van der Waals surface area (Å²) in [5.41, 5.74) is 4.38. The van der Waals surface area contributed by atoms with Crippen LogP contribution in [0.4, 0.5) is 0 Å². The van der Waals surface area contributed by atoms with Gasteiger partial charge in [0.25, 0.3) is 0 Å². The number of imidazole rings is 1. The van der Waals surface area contributed by atoms with Crippen molar-refractivity contribution in [1.29, 1.82) is 0 Å². The van der Waals surface area contributed by atoms with Gasteiger partial charge in [0.15, 0.2) is 0 Å². The Labute approximate surface area is 106 Å². The normalized spacial score (nSPS) is 15.6. The van der Waals surface area contributed by atoms with Gasteiger partial charge in [0.2, 0.25) is 5.91 Å². The Morgan fingerprint density at radius 2 is 2.11 bits per heavy atom. The molecule has 4 nitrogen and oxygen atoms in total. The molecule has 0 atom stereocenters. The molecule has 1 aliphatic rings. The quantitative estimate of drug-likeness (QED) is 0.834. The van der Waals surface area contributed by atoms with Crippen LogP contribution in [0.25, 0.3) is 11.0 Å². The third kappa shape index (κ3) is 1.68. The maximum absolute atomic E-state index is 11.7. The summed E-state index contributed by atoms with van der Waals surface area (Å²) in [5.74, 6) is 1.58. The summed E-state index contributed by atoms with van der Waals surface area (Å²) in [5, 5.41) is 0. The predicted molar refractivity (Wildman–Crippen MR) is 70.4 cm³/mol. The molecule has 18 heavy (non-hydrogen) atoms. The first-order valence-corrected chi connectivity index (χ1v) is 6.30. The average molecular weight is 243 g/mol. The Balaban J connectivity index is 2.13. The number of nitrogens with zero attached hydrogens (tertiary/aromatic N) is 2. The van der Waals surface area contributed by atoms with Crippen molar-refractivity contribution < 1.29 is 4.79 Å². The van der Waals surface area contributed by atoms with Gasteiger partial charge in [0, 0.05) is 19.5 Å². The highest BCUT2D eigenvalue weighted by molar-refractivity contribution is 5.84. The Hall–Kier alpha value is -1.84. The van der Waals surface area contributed by atoms with Gasteiger partial charge in [-0.3, -0.25) is 4.79 Å². The molecule has 0 saturated heterocycles. The van der Waals surface area contributed by atoms with Gasteiger partial charge in [-0.15, -0.1) is 0 Å². The second kappa shape index (κ2) is 3.83. The van der Waals surface area contributed by atoms with E-state index in [1.807, 2.05) is 7.05 Å². The molecular weight excluding hydrogens is 226 g/mol. The number of carbonyl (C=O) groups excluding carboxylic acids is 1. The molecule has 1 N–H and O–H groups in total. The third-order valence-corrected chi connectivity index (χ3v) is 3.54. The topological polar surface area (TPSA) is 49.0 Å². The summed E-state index contributed by atoms with van der Waals surface area (Å²) in [7, 11) is 1.85. The van der Waals surface area contributed by atoms with Crippen LogP contribution in [0, 0.1) is 0 Å². The lowest BCUT2D eigenvalue weighted by molar-refractivity contribution is -0.130. The standard InChI is InChI=1S/C14H17N3O/c1-8(2)14-15-11-4-9-6-13(18)17(3)7-10(9)5-12(11)16-14/h4-5,8H,6-7H2,1-3H3,(H,15,16). The Kier molecular flexibility index (Phi) is 2.40. The molecule has 0 radical (unpaired) electrons. The van der Waals surface area contributed by atoms with Gasteiger partial charge < -0.3 is 9.88 Å². The number of likely N-dealkylation sites (N-methyl/N-ethyl adjacent to an activating group) is 1. The molecule has 0 bridgehead atoms. The van der Waals surface area contributed by atoms with E-state index in [0.717, 1.165) is 22.4 Å². The van der Waals surface area contributed by atoms with Crippen molar-refractivity contribution in [3.63, 3.8) is 0 Å². The van der Waals surface area contributed by atoms with Crippen molar-refractivity contribution in [2.75, 3.05) is 7.05 Å². The number of aromatic amines is 1. The Bertz CT molecular complexity index is 627. The highest BCUT2D eigenvalue weighted by Gasteiger charge is 2.21. The van der Waals surface area contributed by atoms with Gasteiger partial charge in [-0.05, 0) is 23.3 Å². The van der Waals surface area contributed by atoms with Crippen molar-refractivity contribution in [3.8, 4) is 0 Å². The summed E-state index contributed by atoms with van der Waals surface area (Å²) in [4.78, 5) is 21.4. The molecule has 1 aromatic carbocycles. The fourth-order valence-corrected chi connectivity index (χ4v) is 2.39. The highest BCUT2D eigenvalue weighted by Crippen LogP contribution is 2.25. The van der Waals surface area contributed by atoms with Crippen LogP contribution >= 0.6 is 0 Å². The minimum Gasteiger partial charge on any atom is -0.342 e. The van der Waals surface area contributed by atoms with Crippen molar-refractivity contribution in [1.82, 2.24) is 14.9 Å². The molecule has 1 aliphatic heterocycles. The van der Waals surface area contributed by atoms with E-state index < -0.39 is 0 Å². The summed E-state index contributed by atoms with van der Waals surface area (Å²) >= 11 is 0. The highest BCUT2D eigenvalue weighted by atomic mass is 16.2. The zero-order valence-electron chi connectivity index (χ0n) is 10.9. The minimum atomic E-state index is 0.182. The van der Waals surface area contributed by atoms with Gasteiger partial charge in [-0.1, -0.05) is 13.8 Å². The molecule has 1 amide bonds. The van der Waals surface area contributed by atoms with E-state index in [1.165, 1.54) is 5.56 Å². The number of hydrogen-bond acceptors (Lipinski definition) is 2. The number of benzene rings is 1. The maximum atomic E-state index is 11.7. The number of nitrogens with one attached hydrogen (secondary N) is 1. The van der Waals surface area contributed by atoms with E-state index in [0.29, 0.717) is 18.9 Å². The fourth-order valence-electron chi connectivity index (χ4n) is 2.39. The third-order valence-electron chi connectivity index (χ3n) is 3.54. The molecule has 0 fully saturated rings. The number of fused-ring (bicyclic) bond motifs is 2. The lowest BCUT2D eigenvalue weighted by Crippen LogP contribution is -2.32. The van der Waals surface area contributed by atoms with Crippen LogP contribution in [-0.4, -0.2) is 27.8 Å². The number of amides is 1. The number of rotatable bonds is 1. The Morgan fingerprint density at radius 1 is 1.33 bits per heavy atom. The maximum Gasteiger partial charge on any atom is 0.227 e. The van der Waals surface area contributed by atoms with Crippen molar-refractivity contribution >= 4 is 16.9 Å². The monoisotopic (exact) mass is 243 g/mol. The molecule has 0 saturated carbocycles.